The average Bonchev–Trinajstić information content (AvgIpc) is 2.72. The molecule has 0 saturated carbocycles. The van der Waals surface area contributed by atoms with Crippen LogP contribution >= 0.6 is 0 Å². The molecule has 1 aliphatic heterocycles. The van der Waals surface area contributed by atoms with Gasteiger partial charge in [-0.15, -0.1) is 0 Å². The van der Waals surface area contributed by atoms with Crippen LogP contribution in [0.4, 0.5) is 10.1 Å². The second-order valence-electron chi connectivity index (χ2n) is 7.16. The average molecular weight is 420 g/mol. The second kappa shape index (κ2) is 9.37. The highest BCUT2D eigenvalue weighted by Crippen LogP contribution is 2.18. The lowest BCUT2D eigenvalue weighted by molar-refractivity contribution is 0.0953. The predicted octanol–water partition coefficient (Wildman–Crippen LogP) is 2.41. The zero-order valence-electron chi connectivity index (χ0n) is 16.5. The number of carbonyl (C=O) groups excluding carboxylic acids is 1. The molecule has 0 atom stereocenters. The number of amides is 1. The Morgan fingerprint density at radius 1 is 1.07 bits per heavy atom. The van der Waals surface area contributed by atoms with Gasteiger partial charge in [0.05, 0.1) is 5.75 Å². The van der Waals surface area contributed by atoms with Crippen molar-refractivity contribution in [2.45, 2.75) is 13.3 Å². The molecule has 0 aromatic heterocycles. The van der Waals surface area contributed by atoms with Gasteiger partial charge < -0.3 is 10.2 Å². The summed E-state index contributed by atoms with van der Waals surface area (Å²) in [5, 5.41) is 2.77. The maximum atomic E-state index is 13.1. The highest BCUT2D eigenvalue weighted by molar-refractivity contribution is 7.89. The van der Waals surface area contributed by atoms with Crippen molar-refractivity contribution in [2.24, 2.45) is 0 Å². The maximum Gasteiger partial charge on any atom is 0.251 e. The fourth-order valence-corrected chi connectivity index (χ4v) is 4.84. The summed E-state index contributed by atoms with van der Waals surface area (Å²) >= 11 is 0. The van der Waals surface area contributed by atoms with Crippen LogP contribution in [-0.4, -0.2) is 57.1 Å². The number of hydrogen-bond acceptors (Lipinski definition) is 4. The number of piperazine rings is 1. The van der Waals surface area contributed by atoms with E-state index in [0.29, 0.717) is 44.7 Å². The van der Waals surface area contributed by atoms with Gasteiger partial charge in [0.15, 0.2) is 0 Å². The number of rotatable bonds is 7. The van der Waals surface area contributed by atoms with Gasteiger partial charge in [-0.3, -0.25) is 4.79 Å². The molecule has 2 aromatic rings. The summed E-state index contributed by atoms with van der Waals surface area (Å²) in [5.74, 6) is -0.485. The molecule has 2 aromatic carbocycles. The van der Waals surface area contributed by atoms with Gasteiger partial charge in [0.1, 0.15) is 5.82 Å². The van der Waals surface area contributed by atoms with E-state index in [1.807, 2.05) is 24.0 Å². The first kappa shape index (κ1) is 21.3. The van der Waals surface area contributed by atoms with Gasteiger partial charge in [0.2, 0.25) is 10.0 Å². The lowest BCUT2D eigenvalue weighted by Crippen LogP contribution is -2.49. The van der Waals surface area contributed by atoms with Crippen molar-refractivity contribution >= 4 is 21.6 Å². The Hall–Kier alpha value is -2.45. The van der Waals surface area contributed by atoms with Crippen molar-refractivity contribution in [1.29, 1.82) is 0 Å². The molecule has 156 valence electrons. The smallest absolute Gasteiger partial charge is 0.251 e. The summed E-state index contributed by atoms with van der Waals surface area (Å²) < 4.78 is 39.7. The third-order valence-electron chi connectivity index (χ3n) is 4.97. The monoisotopic (exact) mass is 419 g/mol. The molecule has 0 radical (unpaired) electrons. The van der Waals surface area contributed by atoms with Gasteiger partial charge in [-0.1, -0.05) is 17.7 Å². The Kier molecular flexibility index (Phi) is 6.87. The van der Waals surface area contributed by atoms with Crippen LogP contribution in [0, 0.1) is 12.7 Å². The summed E-state index contributed by atoms with van der Waals surface area (Å²) in [4.78, 5) is 14.2. The van der Waals surface area contributed by atoms with Crippen molar-refractivity contribution in [3.63, 3.8) is 0 Å². The van der Waals surface area contributed by atoms with E-state index in [2.05, 4.69) is 5.32 Å². The van der Waals surface area contributed by atoms with Gasteiger partial charge in [-0.25, -0.2) is 12.8 Å². The molecule has 1 saturated heterocycles. The van der Waals surface area contributed by atoms with Gasteiger partial charge in [-0.2, -0.15) is 4.31 Å². The van der Waals surface area contributed by atoms with E-state index in [0.717, 1.165) is 11.3 Å². The maximum absolute atomic E-state index is 13.1. The molecule has 1 amide bonds. The minimum Gasteiger partial charge on any atom is -0.369 e. The number of anilines is 1. The number of benzene rings is 2. The van der Waals surface area contributed by atoms with Crippen molar-refractivity contribution < 1.29 is 17.6 Å². The number of nitrogens with zero attached hydrogens (tertiary/aromatic N) is 2. The van der Waals surface area contributed by atoms with Crippen LogP contribution in [0.5, 0.6) is 0 Å². The Bertz CT molecular complexity index is 940. The van der Waals surface area contributed by atoms with Crippen LogP contribution in [0.15, 0.2) is 48.5 Å². The molecular weight excluding hydrogens is 393 g/mol. The van der Waals surface area contributed by atoms with Crippen molar-refractivity contribution in [3.8, 4) is 0 Å². The van der Waals surface area contributed by atoms with Gasteiger partial charge in [0, 0.05) is 44.0 Å². The van der Waals surface area contributed by atoms with E-state index in [1.165, 1.54) is 16.4 Å². The first-order valence-corrected chi connectivity index (χ1v) is 11.3. The van der Waals surface area contributed by atoms with Crippen molar-refractivity contribution in [2.75, 3.05) is 43.4 Å². The standard InChI is InChI=1S/C21H26FN3O3S/c1-17-4-2-5-18(16-17)21(26)23-10-3-15-29(27,28)25-13-11-24(12-14-25)20-8-6-19(22)7-9-20/h2,4-9,16H,3,10-15H2,1H3,(H,23,26). The van der Waals surface area contributed by atoms with Crippen LogP contribution in [0.3, 0.4) is 0 Å². The van der Waals surface area contributed by atoms with Gasteiger partial charge in [0.25, 0.3) is 5.91 Å². The highest BCUT2D eigenvalue weighted by Gasteiger charge is 2.26. The SMILES string of the molecule is Cc1cccc(C(=O)NCCCS(=O)(=O)N2CCN(c3ccc(F)cc3)CC2)c1. The molecule has 0 bridgehead atoms. The van der Waals surface area contributed by atoms with Crippen molar-refractivity contribution in [1.82, 2.24) is 9.62 Å². The molecule has 29 heavy (non-hydrogen) atoms. The zero-order valence-corrected chi connectivity index (χ0v) is 17.3. The molecule has 8 heteroatoms. The molecule has 1 N–H and O–H groups in total. The first-order chi connectivity index (χ1) is 13.8. The minimum absolute atomic E-state index is 0.00234. The van der Waals surface area contributed by atoms with Gasteiger partial charge in [-0.05, 0) is 49.7 Å². The number of aryl methyl sites for hydroxylation is 1. The predicted molar refractivity (Wildman–Crippen MR) is 112 cm³/mol. The Morgan fingerprint density at radius 2 is 1.76 bits per heavy atom. The summed E-state index contributed by atoms with van der Waals surface area (Å²) in [6.45, 7) is 4.15. The van der Waals surface area contributed by atoms with Crippen LogP contribution in [0.1, 0.15) is 22.3 Å². The topological polar surface area (TPSA) is 69.7 Å². The van der Waals surface area contributed by atoms with E-state index in [9.17, 15) is 17.6 Å². The molecule has 1 heterocycles. The van der Waals surface area contributed by atoms with Crippen molar-refractivity contribution in [3.05, 3.63) is 65.5 Å². The molecule has 0 aliphatic carbocycles. The minimum atomic E-state index is -3.37. The number of nitrogens with one attached hydrogen (secondary N) is 1. The largest absolute Gasteiger partial charge is 0.369 e. The molecular formula is C21H26FN3O3S. The fourth-order valence-electron chi connectivity index (χ4n) is 3.35. The lowest BCUT2D eigenvalue weighted by Gasteiger charge is -2.35. The number of halogens is 1. The van der Waals surface area contributed by atoms with Crippen LogP contribution in [0.25, 0.3) is 0 Å². The van der Waals surface area contributed by atoms with E-state index < -0.39 is 10.0 Å². The van der Waals surface area contributed by atoms with E-state index in [4.69, 9.17) is 0 Å². The lowest BCUT2D eigenvalue weighted by atomic mass is 10.1. The quantitative estimate of drug-likeness (QED) is 0.700. The summed E-state index contributed by atoms with van der Waals surface area (Å²) in [6.07, 6.45) is 0.359. The second-order valence-corrected chi connectivity index (χ2v) is 9.25. The van der Waals surface area contributed by atoms with E-state index >= 15 is 0 Å². The molecule has 1 aliphatic rings. The van der Waals surface area contributed by atoms with Crippen LogP contribution in [0.2, 0.25) is 0 Å². The Labute approximate surface area is 171 Å². The van der Waals surface area contributed by atoms with E-state index in [-0.39, 0.29) is 17.5 Å². The van der Waals surface area contributed by atoms with E-state index in [1.54, 1.807) is 24.3 Å². The third-order valence-corrected chi connectivity index (χ3v) is 6.93. The number of sulfonamides is 1. The number of hydrogen-bond donors (Lipinski definition) is 1. The zero-order chi connectivity index (χ0) is 20.9. The summed E-state index contributed by atoms with van der Waals surface area (Å²) in [7, 11) is -3.37. The van der Waals surface area contributed by atoms with Crippen LogP contribution in [-0.2, 0) is 10.0 Å². The third kappa shape index (κ3) is 5.77. The number of carbonyl (C=O) groups is 1. The summed E-state index contributed by atoms with van der Waals surface area (Å²) in [6, 6.07) is 13.5. The Morgan fingerprint density at radius 3 is 2.41 bits per heavy atom. The molecule has 6 nitrogen and oxygen atoms in total. The molecule has 0 unspecified atom stereocenters. The fraction of sp³-hybridized carbons (Fsp3) is 0.381. The van der Waals surface area contributed by atoms with Gasteiger partial charge >= 0.3 is 0 Å². The molecule has 3 rings (SSSR count). The van der Waals surface area contributed by atoms with Crippen LogP contribution < -0.4 is 10.2 Å². The first-order valence-electron chi connectivity index (χ1n) is 9.68. The Balaban J connectivity index is 1.43. The highest BCUT2D eigenvalue weighted by atomic mass is 32.2. The molecule has 1 fully saturated rings. The summed E-state index contributed by atoms with van der Waals surface area (Å²) in [5.41, 5.74) is 2.46. The normalized spacial score (nSPS) is 15.3. The molecule has 0 spiro atoms.